The first-order valence-electron chi connectivity index (χ1n) is 8.12. The largest absolute Gasteiger partial charge is 0.466 e. The van der Waals surface area contributed by atoms with Gasteiger partial charge < -0.3 is 4.74 Å². The van der Waals surface area contributed by atoms with E-state index in [1.54, 1.807) is 0 Å². The van der Waals surface area contributed by atoms with E-state index in [0.717, 1.165) is 12.8 Å². The van der Waals surface area contributed by atoms with Gasteiger partial charge in [0.15, 0.2) is 0 Å². The van der Waals surface area contributed by atoms with Gasteiger partial charge in [-0.15, -0.1) is 0 Å². The van der Waals surface area contributed by atoms with Crippen molar-refractivity contribution in [2.24, 2.45) is 5.92 Å². The number of carbonyl (C=O) groups is 1. The number of rotatable bonds is 5. The van der Waals surface area contributed by atoms with E-state index in [9.17, 15) is 4.79 Å². The molecule has 2 aromatic rings. The highest BCUT2D eigenvalue weighted by Gasteiger charge is 2.37. The van der Waals surface area contributed by atoms with Crippen molar-refractivity contribution in [2.75, 3.05) is 6.61 Å². The van der Waals surface area contributed by atoms with Gasteiger partial charge in [-0.05, 0) is 35.6 Å². The summed E-state index contributed by atoms with van der Waals surface area (Å²) in [5.74, 6) is -0.0537. The molecule has 114 valence electrons. The molecule has 0 aliphatic heterocycles. The lowest BCUT2D eigenvalue weighted by molar-refractivity contribution is -0.148. The van der Waals surface area contributed by atoms with Gasteiger partial charge >= 0.3 is 5.97 Å². The van der Waals surface area contributed by atoms with Crippen LogP contribution in [0.15, 0.2) is 48.5 Å². The summed E-state index contributed by atoms with van der Waals surface area (Å²) in [4.78, 5) is 12.5. The van der Waals surface area contributed by atoms with E-state index in [0.29, 0.717) is 6.61 Å². The maximum Gasteiger partial charge on any atom is 0.309 e. The molecule has 3 rings (SSSR count). The predicted molar refractivity (Wildman–Crippen MR) is 88.8 cm³/mol. The zero-order valence-electron chi connectivity index (χ0n) is 13.2. The number of hydrogen-bond acceptors (Lipinski definition) is 2. The average molecular weight is 294 g/mol. The fraction of sp³-hybridized carbons (Fsp3) is 0.350. The van der Waals surface area contributed by atoms with Gasteiger partial charge in [-0.2, -0.15) is 0 Å². The van der Waals surface area contributed by atoms with E-state index in [4.69, 9.17) is 4.74 Å². The monoisotopic (exact) mass is 294 g/mol. The third-order valence-electron chi connectivity index (χ3n) is 4.47. The van der Waals surface area contributed by atoms with Crippen LogP contribution < -0.4 is 0 Å². The van der Waals surface area contributed by atoms with Crippen LogP contribution in [0.25, 0.3) is 11.1 Å². The Bertz CT molecular complexity index is 629. The number of ether oxygens (including phenoxy) is 1. The van der Waals surface area contributed by atoms with Gasteiger partial charge in [-0.3, -0.25) is 4.79 Å². The van der Waals surface area contributed by atoms with Crippen LogP contribution in [0.3, 0.4) is 0 Å². The maximum atomic E-state index is 12.5. The Kier molecular flexibility index (Phi) is 4.28. The fourth-order valence-corrected chi connectivity index (χ4v) is 3.61. The second kappa shape index (κ2) is 6.35. The summed E-state index contributed by atoms with van der Waals surface area (Å²) in [6, 6.07) is 16.9. The lowest BCUT2D eigenvalue weighted by atomic mass is 9.81. The van der Waals surface area contributed by atoms with Gasteiger partial charge in [0, 0.05) is 5.92 Å². The molecular formula is C20H22O2. The van der Waals surface area contributed by atoms with Crippen molar-refractivity contribution in [1.29, 1.82) is 0 Å². The number of esters is 1. The molecule has 0 saturated heterocycles. The highest BCUT2D eigenvalue weighted by atomic mass is 16.5. The van der Waals surface area contributed by atoms with Crippen molar-refractivity contribution < 1.29 is 9.53 Å². The molecule has 0 spiro atoms. The Hall–Kier alpha value is -2.09. The normalized spacial score (nSPS) is 14.3. The van der Waals surface area contributed by atoms with Crippen LogP contribution in [0, 0.1) is 5.92 Å². The summed E-state index contributed by atoms with van der Waals surface area (Å²) < 4.78 is 5.36. The van der Waals surface area contributed by atoms with Crippen molar-refractivity contribution in [3.05, 3.63) is 59.7 Å². The van der Waals surface area contributed by atoms with Crippen LogP contribution in [0.4, 0.5) is 0 Å². The zero-order chi connectivity index (χ0) is 15.5. The molecule has 0 fully saturated rings. The SMILES string of the molecule is CCCC(C(=O)OCC)C1c2ccccc2-c2ccccc21. The summed E-state index contributed by atoms with van der Waals surface area (Å²) >= 11 is 0. The molecule has 0 heterocycles. The molecule has 1 aliphatic rings. The van der Waals surface area contributed by atoms with Crippen molar-refractivity contribution in [2.45, 2.75) is 32.6 Å². The quantitative estimate of drug-likeness (QED) is 0.742. The molecule has 1 aliphatic carbocycles. The first-order chi connectivity index (χ1) is 10.8. The Balaban J connectivity index is 2.10. The Morgan fingerprint density at radius 1 is 1.00 bits per heavy atom. The molecule has 0 N–H and O–H groups in total. The van der Waals surface area contributed by atoms with E-state index in [2.05, 4.69) is 55.5 Å². The summed E-state index contributed by atoms with van der Waals surface area (Å²) in [6.45, 7) is 4.44. The minimum atomic E-state index is -0.102. The number of fused-ring (bicyclic) bond motifs is 3. The van der Waals surface area contributed by atoms with Gasteiger partial charge in [0.2, 0.25) is 0 Å². The lowest BCUT2D eigenvalue weighted by Crippen LogP contribution is -2.24. The maximum absolute atomic E-state index is 12.5. The zero-order valence-corrected chi connectivity index (χ0v) is 13.2. The molecule has 0 aromatic heterocycles. The molecule has 0 amide bonds. The topological polar surface area (TPSA) is 26.3 Å². The first-order valence-corrected chi connectivity index (χ1v) is 8.12. The predicted octanol–water partition coefficient (Wildman–Crippen LogP) is 4.78. The standard InChI is InChI=1S/C20H22O2/c1-3-9-18(20(21)22-4-2)19-16-12-7-5-10-14(16)15-11-6-8-13-17(15)19/h5-8,10-13,18-19H,3-4,9H2,1-2H3. The summed E-state index contributed by atoms with van der Waals surface area (Å²) in [6.07, 6.45) is 1.83. The molecule has 2 nitrogen and oxygen atoms in total. The van der Waals surface area contributed by atoms with Crippen LogP contribution in [0.2, 0.25) is 0 Å². The van der Waals surface area contributed by atoms with E-state index in [1.165, 1.54) is 22.3 Å². The second-order valence-corrected chi connectivity index (χ2v) is 5.80. The molecule has 1 atom stereocenters. The second-order valence-electron chi connectivity index (χ2n) is 5.80. The molecule has 1 unspecified atom stereocenters. The molecule has 2 aromatic carbocycles. The molecule has 0 saturated carbocycles. The molecule has 22 heavy (non-hydrogen) atoms. The Labute approximate surface area is 132 Å². The van der Waals surface area contributed by atoms with Crippen LogP contribution in [-0.4, -0.2) is 12.6 Å². The first kappa shape index (κ1) is 14.8. The number of carbonyl (C=O) groups excluding carboxylic acids is 1. The average Bonchev–Trinajstić information content (AvgIpc) is 2.87. The van der Waals surface area contributed by atoms with Crippen molar-refractivity contribution in [3.8, 4) is 11.1 Å². The van der Waals surface area contributed by atoms with Gasteiger partial charge in [0.1, 0.15) is 0 Å². The Morgan fingerprint density at radius 3 is 2.05 bits per heavy atom. The van der Waals surface area contributed by atoms with Crippen LogP contribution >= 0.6 is 0 Å². The number of hydrogen-bond donors (Lipinski definition) is 0. The highest BCUT2D eigenvalue weighted by molar-refractivity contribution is 5.83. The Morgan fingerprint density at radius 2 is 1.55 bits per heavy atom. The summed E-state index contributed by atoms with van der Waals surface area (Å²) in [5.41, 5.74) is 5.03. The molecule has 0 radical (unpaired) electrons. The lowest BCUT2D eigenvalue weighted by Gasteiger charge is -2.23. The molecular weight excluding hydrogens is 272 g/mol. The summed E-state index contributed by atoms with van der Waals surface area (Å²) in [5, 5.41) is 0. The highest BCUT2D eigenvalue weighted by Crippen LogP contribution is 2.49. The van der Waals surface area contributed by atoms with Gasteiger partial charge in [-0.25, -0.2) is 0 Å². The minimum absolute atomic E-state index is 0.0687. The molecule has 2 heteroatoms. The van der Waals surface area contributed by atoms with Crippen LogP contribution in [0.1, 0.15) is 43.7 Å². The molecule has 0 bridgehead atoms. The van der Waals surface area contributed by atoms with Crippen molar-refractivity contribution >= 4 is 5.97 Å². The van der Waals surface area contributed by atoms with E-state index >= 15 is 0 Å². The van der Waals surface area contributed by atoms with E-state index in [-0.39, 0.29) is 17.8 Å². The number of benzene rings is 2. The van der Waals surface area contributed by atoms with Gasteiger partial charge in [0.25, 0.3) is 0 Å². The van der Waals surface area contributed by atoms with Crippen LogP contribution in [-0.2, 0) is 9.53 Å². The third kappa shape index (κ3) is 2.43. The minimum Gasteiger partial charge on any atom is -0.466 e. The summed E-state index contributed by atoms with van der Waals surface area (Å²) in [7, 11) is 0. The van der Waals surface area contributed by atoms with E-state index < -0.39 is 0 Å². The van der Waals surface area contributed by atoms with Crippen LogP contribution in [0.5, 0.6) is 0 Å². The van der Waals surface area contributed by atoms with E-state index in [1.807, 2.05) is 6.92 Å². The fourth-order valence-electron chi connectivity index (χ4n) is 3.61. The van der Waals surface area contributed by atoms with Crippen molar-refractivity contribution in [1.82, 2.24) is 0 Å². The van der Waals surface area contributed by atoms with Gasteiger partial charge in [0.05, 0.1) is 12.5 Å². The third-order valence-corrected chi connectivity index (χ3v) is 4.47. The van der Waals surface area contributed by atoms with Crippen molar-refractivity contribution in [3.63, 3.8) is 0 Å². The smallest absolute Gasteiger partial charge is 0.309 e. The van der Waals surface area contributed by atoms with Gasteiger partial charge in [-0.1, -0.05) is 61.9 Å².